The summed E-state index contributed by atoms with van der Waals surface area (Å²) in [5.41, 5.74) is 4.64. The zero-order chi connectivity index (χ0) is 20.4. The zero-order valence-corrected chi connectivity index (χ0v) is 17.7. The van der Waals surface area contributed by atoms with Gasteiger partial charge in [0.1, 0.15) is 5.75 Å². The van der Waals surface area contributed by atoms with Crippen LogP contribution in [0.1, 0.15) is 63.0 Å². The van der Waals surface area contributed by atoms with E-state index in [1.807, 2.05) is 12.1 Å². The summed E-state index contributed by atoms with van der Waals surface area (Å²) in [5, 5.41) is 3.46. The molecule has 0 saturated heterocycles. The quantitative estimate of drug-likeness (QED) is 0.690. The van der Waals surface area contributed by atoms with Gasteiger partial charge in [-0.25, -0.2) is 4.79 Å². The van der Waals surface area contributed by atoms with Crippen LogP contribution in [-0.4, -0.2) is 20.2 Å². The topological polar surface area (TPSA) is 47.6 Å². The Kier molecular flexibility index (Phi) is 5.88. The van der Waals surface area contributed by atoms with E-state index in [1.165, 1.54) is 7.11 Å². The zero-order valence-electron chi connectivity index (χ0n) is 17.7. The number of ether oxygens (including phenoxy) is 2. The van der Waals surface area contributed by atoms with E-state index in [-0.39, 0.29) is 16.8 Å². The van der Waals surface area contributed by atoms with Crippen LogP contribution in [0, 0.1) is 0 Å². The second kappa shape index (κ2) is 7.63. The number of carbonyl (C=O) groups is 1. The van der Waals surface area contributed by atoms with Gasteiger partial charge in [0, 0.05) is 22.5 Å². The summed E-state index contributed by atoms with van der Waals surface area (Å²) in [6.07, 6.45) is 0. The van der Waals surface area contributed by atoms with Gasteiger partial charge >= 0.3 is 5.97 Å². The number of carbonyl (C=O) groups excluding carboxylic acids is 1. The predicted octanol–water partition coefficient (Wildman–Crippen LogP) is 5.82. The standard InChI is InChI=1S/C23H31NO3/c1-22(2,3)18-13-17(14-19(20(18)26-7)23(4,5)6)24-16-11-9-15(10-12-16)21(25)27-8/h9-14,24H,1-8H3. The van der Waals surface area contributed by atoms with Crippen molar-refractivity contribution >= 4 is 17.3 Å². The summed E-state index contributed by atoms with van der Waals surface area (Å²) in [5.74, 6) is 0.609. The molecule has 0 bridgehead atoms. The van der Waals surface area contributed by atoms with Gasteiger partial charge < -0.3 is 14.8 Å². The van der Waals surface area contributed by atoms with Crippen LogP contribution in [0.3, 0.4) is 0 Å². The van der Waals surface area contributed by atoms with E-state index in [0.29, 0.717) is 5.56 Å². The van der Waals surface area contributed by atoms with Crippen molar-refractivity contribution in [3.8, 4) is 5.75 Å². The summed E-state index contributed by atoms with van der Waals surface area (Å²) < 4.78 is 10.6. The van der Waals surface area contributed by atoms with Gasteiger partial charge in [0.2, 0.25) is 0 Å². The number of hydrogen-bond acceptors (Lipinski definition) is 4. The van der Waals surface area contributed by atoms with Gasteiger partial charge in [0.05, 0.1) is 19.8 Å². The van der Waals surface area contributed by atoms with Crippen molar-refractivity contribution in [3.05, 3.63) is 53.1 Å². The molecule has 0 spiro atoms. The Hall–Kier alpha value is -2.49. The maximum atomic E-state index is 11.6. The van der Waals surface area contributed by atoms with Gasteiger partial charge in [-0.1, -0.05) is 41.5 Å². The molecule has 0 aliphatic heterocycles. The van der Waals surface area contributed by atoms with Gasteiger partial charge in [-0.3, -0.25) is 0 Å². The van der Waals surface area contributed by atoms with Crippen LogP contribution in [0.25, 0.3) is 0 Å². The number of rotatable bonds is 4. The van der Waals surface area contributed by atoms with Crippen LogP contribution in [0.2, 0.25) is 0 Å². The largest absolute Gasteiger partial charge is 0.496 e. The van der Waals surface area contributed by atoms with Crippen LogP contribution in [0.5, 0.6) is 5.75 Å². The first kappa shape index (κ1) is 20.8. The van der Waals surface area contributed by atoms with Gasteiger partial charge in [-0.15, -0.1) is 0 Å². The Balaban J connectivity index is 2.49. The Morgan fingerprint density at radius 1 is 0.815 bits per heavy atom. The molecule has 0 aliphatic rings. The van der Waals surface area contributed by atoms with E-state index in [2.05, 4.69) is 59.0 Å². The van der Waals surface area contributed by atoms with Crippen LogP contribution in [0.4, 0.5) is 11.4 Å². The Labute approximate surface area is 162 Å². The first-order valence-corrected chi connectivity index (χ1v) is 9.15. The number of methoxy groups -OCH3 is 2. The Bertz CT molecular complexity index is 774. The lowest BCUT2D eigenvalue weighted by Gasteiger charge is -2.30. The Morgan fingerprint density at radius 2 is 1.30 bits per heavy atom. The molecule has 2 rings (SSSR count). The summed E-state index contributed by atoms with van der Waals surface area (Å²) in [4.78, 5) is 11.6. The normalized spacial score (nSPS) is 11.9. The molecule has 0 radical (unpaired) electrons. The van der Waals surface area contributed by atoms with Gasteiger partial charge in [-0.05, 0) is 47.2 Å². The van der Waals surface area contributed by atoms with E-state index < -0.39 is 0 Å². The minimum atomic E-state index is -0.337. The molecule has 0 atom stereocenters. The molecule has 146 valence electrons. The van der Waals surface area contributed by atoms with Crippen LogP contribution >= 0.6 is 0 Å². The Morgan fingerprint density at radius 3 is 1.67 bits per heavy atom. The molecule has 0 fully saturated rings. The molecule has 0 heterocycles. The van der Waals surface area contributed by atoms with Crippen molar-refractivity contribution in [3.63, 3.8) is 0 Å². The fourth-order valence-corrected chi connectivity index (χ4v) is 3.01. The molecule has 2 aromatic carbocycles. The predicted molar refractivity (Wildman–Crippen MR) is 111 cm³/mol. The molecular weight excluding hydrogens is 338 g/mol. The summed E-state index contributed by atoms with van der Waals surface area (Å²) in [6.45, 7) is 13.1. The molecule has 0 unspecified atom stereocenters. The highest BCUT2D eigenvalue weighted by Crippen LogP contribution is 2.42. The van der Waals surface area contributed by atoms with Gasteiger partial charge in [0.25, 0.3) is 0 Å². The van der Waals surface area contributed by atoms with Crippen molar-refractivity contribution < 1.29 is 14.3 Å². The van der Waals surface area contributed by atoms with E-state index in [1.54, 1.807) is 19.2 Å². The van der Waals surface area contributed by atoms with E-state index in [9.17, 15) is 4.79 Å². The van der Waals surface area contributed by atoms with Crippen molar-refractivity contribution in [1.82, 2.24) is 0 Å². The number of benzene rings is 2. The second-order valence-electron chi connectivity index (χ2n) is 8.80. The van der Waals surface area contributed by atoms with E-state index >= 15 is 0 Å². The monoisotopic (exact) mass is 369 g/mol. The molecule has 27 heavy (non-hydrogen) atoms. The third kappa shape index (κ3) is 4.82. The molecule has 0 amide bonds. The van der Waals surface area contributed by atoms with E-state index in [4.69, 9.17) is 9.47 Å². The van der Waals surface area contributed by atoms with Crippen molar-refractivity contribution in [2.75, 3.05) is 19.5 Å². The highest BCUT2D eigenvalue weighted by molar-refractivity contribution is 5.89. The molecule has 1 N–H and O–H groups in total. The van der Waals surface area contributed by atoms with Gasteiger partial charge in [-0.2, -0.15) is 0 Å². The summed E-state index contributed by atoms with van der Waals surface area (Å²) >= 11 is 0. The second-order valence-corrected chi connectivity index (χ2v) is 8.80. The molecule has 0 aliphatic carbocycles. The van der Waals surface area contributed by atoms with Crippen molar-refractivity contribution in [1.29, 1.82) is 0 Å². The lowest BCUT2D eigenvalue weighted by molar-refractivity contribution is 0.0601. The fourth-order valence-electron chi connectivity index (χ4n) is 3.01. The first-order chi connectivity index (χ1) is 12.5. The van der Waals surface area contributed by atoms with Crippen LogP contribution in [0.15, 0.2) is 36.4 Å². The van der Waals surface area contributed by atoms with Crippen molar-refractivity contribution in [2.45, 2.75) is 52.4 Å². The highest BCUT2D eigenvalue weighted by Gasteiger charge is 2.27. The molecular formula is C23H31NO3. The first-order valence-electron chi connectivity index (χ1n) is 9.15. The average Bonchev–Trinajstić information content (AvgIpc) is 2.59. The minimum absolute atomic E-state index is 0.0578. The third-order valence-electron chi connectivity index (χ3n) is 4.50. The molecule has 4 heteroatoms. The number of hydrogen-bond donors (Lipinski definition) is 1. The number of nitrogens with one attached hydrogen (secondary N) is 1. The molecule has 2 aromatic rings. The molecule has 4 nitrogen and oxygen atoms in total. The highest BCUT2D eigenvalue weighted by atomic mass is 16.5. The van der Waals surface area contributed by atoms with Gasteiger partial charge in [0.15, 0.2) is 0 Å². The third-order valence-corrected chi connectivity index (χ3v) is 4.50. The average molecular weight is 370 g/mol. The van der Waals surface area contributed by atoms with Crippen LogP contribution in [-0.2, 0) is 15.6 Å². The maximum absolute atomic E-state index is 11.6. The van der Waals surface area contributed by atoms with Crippen LogP contribution < -0.4 is 10.1 Å². The number of anilines is 2. The number of esters is 1. The molecule has 0 aromatic heterocycles. The lowest BCUT2D eigenvalue weighted by Crippen LogP contribution is -2.19. The minimum Gasteiger partial charge on any atom is -0.496 e. The summed E-state index contributed by atoms with van der Waals surface area (Å²) in [6, 6.07) is 11.6. The van der Waals surface area contributed by atoms with Crippen molar-refractivity contribution in [2.24, 2.45) is 0 Å². The SMILES string of the molecule is COC(=O)c1ccc(Nc2cc(C(C)(C)C)c(OC)c(C(C)(C)C)c2)cc1. The lowest BCUT2D eigenvalue weighted by atomic mass is 9.79. The summed E-state index contributed by atoms with van der Waals surface area (Å²) in [7, 11) is 3.12. The smallest absolute Gasteiger partial charge is 0.337 e. The maximum Gasteiger partial charge on any atom is 0.337 e. The fraction of sp³-hybridized carbons (Fsp3) is 0.435. The molecule has 0 saturated carbocycles. The van der Waals surface area contributed by atoms with E-state index in [0.717, 1.165) is 28.3 Å².